The van der Waals surface area contributed by atoms with Crippen LogP contribution in [0.4, 0.5) is 4.79 Å². The number of hydrogen-bond acceptors (Lipinski definition) is 4. The predicted molar refractivity (Wildman–Crippen MR) is 88.0 cm³/mol. The molecule has 0 spiro atoms. The molecule has 1 saturated heterocycles. The molecule has 1 amide bonds. The number of likely N-dealkylation sites (tertiary alicyclic amines) is 1. The molecule has 1 heterocycles. The molecule has 1 saturated carbocycles. The van der Waals surface area contributed by atoms with Gasteiger partial charge in [-0.1, -0.05) is 0 Å². The predicted octanol–water partition coefficient (Wildman–Crippen LogP) is 3.61. The fourth-order valence-electron chi connectivity index (χ4n) is 3.67. The topological polar surface area (TPSA) is 55.8 Å². The Morgan fingerprint density at radius 1 is 1.09 bits per heavy atom. The van der Waals surface area contributed by atoms with Crippen LogP contribution in [0.2, 0.25) is 0 Å². The summed E-state index contributed by atoms with van der Waals surface area (Å²) in [7, 11) is 0. The van der Waals surface area contributed by atoms with Crippen LogP contribution in [0.1, 0.15) is 59.8 Å². The zero-order valence-corrected chi connectivity index (χ0v) is 15.0. The number of carbonyl (C=O) groups is 2. The molecule has 0 atom stereocenters. The zero-order chi connectivity index (χ0) is 17.0. The quantitative estimate of drug-likeness (QED) is 0.741. The molecule has 0 radical (unpaired) electrons. The van der Waals surface area contributed by atoms with Crippen molar-refractivity contribution in [2.24, 2.45) is 17.8 Å². The van der Waals surface area contributed by atoms with E-state index >= 15 is 0 Å². The van der Waals surface area contributed by atoms with E-state index in [0.29, 0.717) is 24.9 Å². The average molecular weight is 325 g/mol. The van der Waals surface area contributed by atoms with Crippen molar-refractivity contribution in [2.45, 2.75) is 65.4 Å². The molecule has 23 heavy (non-hydrogen) atoms. The van der Waals surface area contributed by atoms with Gasteiger partial charge in [-0.05, 0) is 71.1 Å². The molecule has 2 rings (SSSR count). The summed E-state index contributed by atoms with van der Waals surface area (Å²) < 4.78 is 10.4. The van der Waals surface area contributed by atoms with E-state index in [9.17, 15) is 9.59 Å². The fourth-order valence-corrected chi connectivity index (χ4v) is 3.67. The van der Waals surface area contributed by atoms with Crippen LogP contribution >= 0.6 is 0 Å². The molecule has 2 fully saturated rings. The van der Waals surface area contributed by atoms with E-state index < -0.39 is 5.60 Å². The molecule has 0 N–H and O–H groups in total. The molecular formula is C18H31NO4. The van der Waals surface area contributed by atoms with Gasteiger partial charge in [0, 0.05) is 19.5 Å². The highest BCUT2D eigenvalue weighted by Gasteiger charge is 2.38. The standard InChI is InChI=1S/C18H31NO4/c1-5-22-16(20)12-13-10-15(11-13)14-6-8-19(9-7-14)17(21)23-18(2,3)4/h13-15H,5-12H2,1-4H3. The molecule has 0 bridgehead atoms. The second-order valence-corrected chi connectivity index (χ2v) is 7.91. The van der Waals surface area contributed by atoms with Gasteiger partial charge in [0.25, 0.3) is 0 Å². The lowest BCUT2D eigenvalue weighted by atomic mass is 9.65. The Bertz CT molecular complexity index is 415. The van der Waals surface area contributed by atoms with Crippen molar-refractivity contribution < 1.29 is 19.1 Å². The van der Waals surface area contributed by atoms with Crippen LogP contribution in [0.3, 0.4) is 0 Å². The molecule has 0 aromatic heterocycles. The van der Waals surface area contributed by atoms with Crippen LogP contribution in [0.25, 0.3) is 0 Å². The highest BCUT2D eigenvalue weighted by molar-refractivity contribution is 5.69. The molecule has 1 aliphatic heterocycles. The maximum absolute atomic E-state index is 12.1. The monoisotopic (exact) mass is 325 g/mol. The van der Waals surface area contributed by atoms with Gasteiger partial charge in [0.05, 0.1) is 6.61 Å². The summed E-state index contributed by atoms with van der Waals surface area (Å²) in [6, 6.07) is 0. The minimum atomic E-state index is -0.428. The molecule has 0 unspecified atom stereocenters. The number of amides is 1. The van der Waals surface area contributed by atoms with E-state index in [0.717, 1.165) is 44.7 Å². The summed E-state index contributed by atoms with van der Waals surface area (Å²) in [6.45, 7) is 9.59. The molecular weight excluding hydrogens is 294 g/mol. The molecule has 1 aliphatic carbocycles. The van der Waals surface area contributed by atoms with Crippen LogP contribution < -0.4 is 0 Å². The molecule has 5 heteroatoms. The summed E-state index contributed by atoms with van der Waals surface area (Å²) in [5.74, 6) is 1.85. The van der Waals surface area contributed by atoms with Crippen molar-refractivity contribution in [3.05, 3.63) is 0 Å². The smallest absolute Gasteiger partial charge is 0.410 e. The normalized spacial score (nSPS) is 25.7. The Kier molecular flexibility index (Phi) is 5.93. The minimum absolute atomic E-state index is 0.0595. The van der Waals surface area contributed by atoms with E-state index in [1.807, 2.05) is 32.6 Å². The van der Waals surface area contributed by atoms with E-state index in [2.05, 4.69) is 0 Å². The van der Waals surface area contributed by atoms with Crippen LogP contribution in [-0.2, 0) is 14.3 Å². The molecule has 5 nitrogen and oxygen atoms in total. The molecule has 0 aromatic rings. The van der Waals surface area contributed by atoms with Crippen molar-refractivity contribution in [1.82, 2.24) is 4.90 Å². The Morgan fingerprint density at radius 3 is 2.22 bits per heavy atom. The first kappa shape index (κ1) is 18.1. The molecule has 132 valence electrons. The highest BCUT2D eigenvalue weighted by atomic mass is 16.6. The molecule has 0 aromatic carbocycles. The van der Waals surface area contributed by atoms with Gasteiger partial charge in [-0.3, -0.25) is 4.79 Å². The first-order valence-electron chi connectivity index (χ1n) is 8.92. The SMILES string of the molecule is CCOC(=O)CC1CC(C2CCN(C(=O)OC(C)(C)C)CC2)C1. The minimum Gasteiger partial charge on any atom is -0.466 e. The Balaban J connectivity index is 1.66. The van der Waals surface area contributed by atoms with Gasteiger partial charge in [-0.25, -0.2) is 4.79 Å². The number of esters is 1. The summed E-state index contributed by atoms with van der Waals surface area (Å²) in [5.41, 5.74) is -0.428. The second kappa shape index (κ2) is 7.54. The Morgan fingerprint density at radius 2 is 1.70 bits per heavy atom. The van der Waals surface area contributed by atoms with Crippen LogP contribution in [-0.4, -0.2) is 42.3 Å². The van der Waals surface area contributed by atoms with Crippen molar-refractivity contribution in [3.63, 3.8) is 0 Å². The van der Waals surface area contributed by atoms with E-state index in [1.165, 1.54) is 0 Å². The van der Waals surface area contributed by atoms with Crippen LogP contribution in [0, 0.1) is 17.8 Å². The van der Waals surface area contributed by atoms with Crippen LogP contribution in [0.5, 0.6) is 0 Å². The number of nitrogens with zero attached hydrogens (tertiary/aromatic N) is 1. The lowest BCUT2D eigenvalue weighted by Gasteiger charge is -2.43. The lowest BCUT2D eigenvalue weighted by Crippen LogP contribution is -2.44. The van der Waals surface area contributed by atoms with Crippen molar-refractivity contribution in [1.29, 1.82) is 0 Å². The van der Waals surface area contributed by atoms with E-state index in [-0.39, 0.29) is 12.1 Å². The van der Waals surface area contributed by atoms with E-state index in [4.69, 9.17) is 9.47 Å². The third-order valence-electron chi connectivity index (χ3n) is 4.89. The maximum atomic E-state index is 12.1. The Labute approximate surface area is 139 Å². The van der Waals surface area contributed by atoms with Crippen LogP contribution in [0.15, 0.2) is 0 Å². The van der Waals surface area contributed by atoms with Crippen molar-refractivity contribution in [3.8, 4) is 0 Å². The third kappa shape index (κ3) is 5.40. The van der Waals surface area contributed by atoms with Gasteiger partial charge in [0.1, 0.15) is 5.60 Å². The highest BCUT2D eigenvalue weighted by Crippen LogP contribution is 2.44. The van der Waals surface area contributed by atoms with E-state index in [1.54, 1.807) is 0 Å². The average Bonchev–Trinajstić information content (AvgIpc) is 2.41. The molecule has 2 aliphatic rings. The number of piperidine rings is 1. The summed E-state index contributed by atoms with van der Waals surface area (Å²) in [5, 5.41) is 0. The van der Waals surface area contributed by atoms with Gasteiger partial charge < -0.3 is 14.4 Å². The first-order chi connectivity index (χ1) is 10.8. The number of ether oxygens (including phenoxy) is 2. The first-order valence-corrected chi connectivity index (χ1v) is 8.92. The van der Waals surface area contributed by atoms with Crippen molar-refractivity contribution >= 4 is 12.1 Å². The summed E-state index contributed by atoms with van der Waals surface area (Å²) >= 11 is 0. The van der Waals surface area contributed by atoms with Gasteiger partial charge in [0.2, 0.25) is 0 Å². The summed E-state index contributed by atoms with van der Waals surface area (Å²) in [4.78, 5) is 25.4. The largest absolute Gasteiger partial charge is 0.466 e. The van der Waals surface area contributed by atoms with Crippen molar-refractivity contribution in [2.75, 3.05) is 19.7 Å². The van der Waals surface area contributed by atoms with Gasteiger partial charge in [-0.2, -0.15) is 0 Å². The summed E-state index contributed by atoms with van der Waals surface area (Å²) in [6.07, 6.45) is 4.75. The van der Waals surface area contributed by atoms with Gasteiger partial charge in [0.15, 0.2) is 0 Å². The fraction of sp³-hybridized carbons (Fsp3) is 0.889. The zero-order valence-electron chi connectivity index (χ0n) is 15.0. The number of rotatable bonds is 4. The third-order valence-corrected chi connectivity index (χ3v) is 4.89. The van der Waals surface area contributed by atoms with Gasteiger partial charge in [-0.15, -0.1) is 0 Å². The maximum Gasteiger partial charge on any atom is 0.410 e. The Hall–Kier alpha value is -1.26. The van der Waals surface area contributed by atoms with Gasteiger partial charge >= 0.3 is 12.1 Å². The number of carbonyl (C=O) groups excluding carboxylic acids is 2. The lowest BCUT2D eigenvalue weighted by molar-refractivity contribution is -0.145. The number of hydrogen-bond donors (Lipinski definition) is 0. The second-order valence-electron chi connectivity index (χ2n) is 7.91.